The normalized spacial score (nSPS) is 11.5. The van der Waals surface area contributed by atoms with Gasteiger partial charge in [-0.3, -0.25) is 0 Å². The van der Waals surface area contributed by atoms with E-state index in [1.807, 2.05) is 13.0 Å². The van der Waals surface area contributed by atoms with Crippen molar-refractivity contribution in [2.75, 3.05) is 25.6 Å². The molecule has 0 fully saturated rings. The average Bonchev–Trinajstić information content (AvgIpc) is 2.59. The Morgan fingerprint density at radius 3 is 2.72 bits per heavy atom. The molecule has 0 aliphatic heterocycles. The van der Waals surface area contributed by atoms with E-state index >= 15 is 0 Å². The fraction of sp³-hybridized carbons (Fsp3) is 0.278. The van der Waals surface area contributed by atoms with E-state index in [1.165, 1.54) is 7.11 Å². The second kappa shape index (κ2) is 9.15. The van der Waals surface area contributed by atoms with Gasteiger partial charge in [-0.1, -0.05) is 23.7 Å². The van der Waals surface area contributed by atoms with Crippen LogP contribution in [0.2, 0.25) is 5.02 Å². The molecular formula is C18H21ClN2O4. The summed E-state index contributed by atoms with van der Waals surface area (Å²) in [5.74, 6) is 1.07. The zero-order valence-corrected chi connectivity index (χ0v) is 14.8. The minimum Gasteiger partial charge on any atom is -0.493 e. The lowest BCUT2D eigenvalue weighted by molar-refractivity contribution is 0.196. The largest absolute Gasteiger partial charge is 0.493 e. The molecule has 0 unspecified atom stereocenters. The monoisotopic (exact) mass is 364 g/mol. The number of halogens is 1. The number of aliphatic hydroxyl groups is 1. The number of carbonyl (C=O) groups is 1. The number of carbonyl (C=O) groups excluding carboxylic acids is 1. The Morgan fingerprint density at radius 2 is 2.04 bits per heavy atom. The predicted molar refractivity (Wildman–Crippen MR) is 97.6 cm³/mol. The lowest BCUT2D eigenvalue weighted by Crippen LogP contribution is -2.31. The number of hydrogen-bond donors (Lipinski definition) is 3. The van der Waals surface area contributed by atoms with Gasteiger partial charge in [-0.05, 0) is 42.8 Å². The molecule has 7 heteroatoms. The van der Waals surface area contributed by atoms with Crippen LogP contribution in [0.1, 0.15) is 18.5 Å². The zero-order chi connectivity index (χ0) is 18.2. The molecule has 0 bridgehead atoms. The van der Waals surface area contributed by atoms with Gasteiger partial charge in [-0.25, -0.2) is 4.79 Å². The van der Waals surface area contributed by atoms with Crippen LogP contribution >= 0.6 is 11.6 Å². The van der Waals surface area contributed by atoms with Crippen molar-refractivity contribution in [1.82, 2.24) is 5.32 Å². The van der Waals surface area contributed by atoms with Crippen molar-refractivity contribution in [2.24, 2.45) is 0 Å². The Labute approximate surface area is 151 Å². The molecule has 0 aliphatic rings. The number of urea groups is 1. The van der Waals surface area contributed by atoms with Crippen LogP contribution in [0.3, 0.4) is 0 Å². The van der Waals surface area contributed by atoms with E-state index in [-0.39, 0.29) is 25.3 Å². The summed E-state index contributed by atoms with van der Waals surface area (Å²) in [6, 6.07) is 11.7. The summed E-state index contributed by atoms with van der Waals surface area (Å²) in [5.41, 5.74) is 1.47. The number of amides is 2. The Bertz CT molecular complexity index is 724. The summed E-state index contributed by atoms with van der Waals surface area (Å²) < 4.78 is 10.7. The number of methoxy groups -OCH3 is 1. The maximum atomic E-state index is 12.1. The number of hydrogen-bond acceptors (Lipinski definition) is 4. The van der Waals surface area contributed by atoms with E-state index < -0.39 is 0 Å². The molecule has 2 aromatic carbocycles. The molecule has 0 saturated carbocycles. The van der Waals surface area contributed by atoms with Crippen LogP contribution in [0.15, 0.2) is 42.5 Å². The average molecular weight is 365 g/mol. The van der Waals surface area contributed by atoms with E-state index in [0.717, 1.165) is 5.56 Å². The molecule has 6 nitrogen and oxygen atoms in total. The fourth-order valence-electron chi connectivity index (χ4n) is 2.24. The SMILES string of the molecule is COc1cc([C@@H](C)NC(=O)Nc2cccc(Cl)c2)ccc1OCCO. The van der Waals surface area contributed by atoms with Gasteiger partial charge in [0.15, 0.2) is 11.5 Å². The first kappa shape index (κ1) is 18.9. The van der Waals surface area contributed by atoms with Crippen LogP contribution in [-0.4, -0.2) is 31.5 Å². The van der Waals surface area contributed by atoms with Gasteiger partial charge in [0, 0.05) is 10.7 Å². The summed E-state index contributed by atoms with van der Waals surface area (Å²) in [5, 5.41) is 15.0. The van der Waals surface area contributed by atoms with Crippen molar-refractivity contribution in [3.05, 3.63) is 53.1 Å². The molecule has 25 heavy (non-hydrogen) atoms. The number of rotatable bonds is 7. The van der Waals surface area contributed by atoms with Gasteiger partial charge < -0.3 is 25.2 Å². The number of nitrogens with one attached hydrogen (secondary N) is 2. The number of aliphatic hydroxyl groups excluding tert-OH is 1. The predicted octanol–water partition coefficient (Wildman–Crippen LogP) is 3.60. The molecule has 1 atom stereocenters. The lowest BCUT2D eigenvalue weighted by atomic mass is 10.1. The molecule has 0 heterocycles. The fourth-order valence-corrected chi connectivity index (χ4v) is 2.43. The van der Waals surface area contributed by atoms with Gasteiger partial charge in [0.25, 0.3) is 0 Å². The maximum absolute atomic E-state index is 12.1. The van der Waals surface area contributed by atoms with Gasteiger partial charge in [0.2, 0.25) is 0 Å². The number of anilines is 1. The smallest absolute Gasteiger partial charge is 0.319 e. The Kier molecular flexibility index (Phi) is 6.91. The standard InChI is InChI=1S/C18H21ClN2O4/c1-12(20-18(23)21-15-5-3-4-14(19)11-15)13-6-7-16(25-9-8-22)17(10-13)24-2/h3-7,10-12,22H,8-9H2,1-2H3,(H2,20,21,23)/t12-/m1/s1. The Morgan fingerprint density at radius 1 is 1.24 bits per heavy atom. The third kappa shape index (κ3) is 5.55. The van der Waals surface area contributed by atoms with Gasteiger partial charge in [-0.2, -0.15) is 0 Å². The van der Waals surface area contributed by atoms with Gasteiger partial charge in [-0.15, -0.1) is 0 Å². The van der Waals surface area contributed by atoms with Gasteiger partial charge >= 0.3 is 6.03 Å². The molecule has 134 valence electrons. The van der Waals surface area contributed by atoms with Crippen LogP contribution in [0.25, 0.3) is 0 Å². The third-order valence-corrected chi connectivity index (χ3v) is 3.70. The molecule has 3 N–H and O–H groups in total. The van der Waals surface area contributed by atoms with Crippen molar-refractivity contribution < 1.29 is 19.4 Å². The summed E-state index contributed by atoms with van der Waals surface area (Å²) in [6.07, 6.45) is 0. The minimum atomic E-state index is -0.339. The van der Waals surface area contributed by atoms with Gasteiger partial charge in [0.05, 0.1) is 19.8 Å². The molecule has 2 amide bonds. The van der Waals surface area contributed by atoms with Crippen LogP contribution in [0.4, 0.5) is 10.5 Å². The summed E-state index contributed by atoms with van der Waals surface area (Å²) in [6.45, 7) is 1.97. The molecular weight excluding hydrogens is 344 g/mol. The van der Waals surface area contributed by atoms with E-state index in [2.05, 4.69) is 10.6 Å². The first-order chi connectivity index (χ1) is 12.0. The van der Waals surface area contributed by atoms with E-state index in [4.69, 9.17) is 26.2 Å². The van der Waals surface area contributed by atoms with Crippen LogP contribution < -0.4 is 20.1 Å². The first-order valence-electron chi connectivity index (χ1n) is 7.78. The molecule has 2 rings (SSSR count). The van der Waals surface area contributed by atoms with Crippen molar-refractivity contribution in [3.63, 3.8) is 0 Å². The molecule has 2 aromatic rings. The highest BCUT2D eigenvalue weighted by molar-refractivity contribution is 6.30. The van der Waals surface area contributed by atoms with Crippen LogP contribution in [0, 0.1) is 0 Å². The molecule has 0 aliphatic carbocycles. The quantitative estimate of drug-likeness (QED) is 0.701. The van der Waals surface area contributed by atoms with Crippen LogP contribution in [0.5, 0.6) is 11.5 Å². The summed E-state index contributed by atoms with van der Waals surface area (Å²) in [4.78, 5) is 12.1. The second-order valence-electron chi connectivity index (χ2n) is 5.31. The van der Waals surface area contributed by atoms with Crippen molar-refractivity contribution in [3.8, 4) is 11.5 Å². The molecule has 0 aromatic heterocycles. The van der Waals surface area contributed by atoms with E-state index in [9.17, 15) is 4.79 Å². The third-order valence-electron chi connectivity index (χ3n) is 3.47. The second-order valence-corrected chi connectivity index (χ2v) is 5.75. The van der Waals surface area contributed by atoms with Crippen molar-refractivity contribution in [1.29, 1.82) is 0 Å². The van der Waals surface area contributed by atoms with E-state index in [1.54, 1.807) is 36.4 Å². The zero-order valence-electron chi connectivity index (χ0n) is 14.1. The number of ether oxygens (including phenoxy) is 2. The highest BCUT2D eigenvalue weighted by atomic mass is 35.5. The van der Waals surface area contributed by atoms with E-state index in [0.29, 0.717) is 22.2 Å². The summed E-state index contributed by atoms with van der Waals surface area (Å²) >= 11 is 5.90. The minimum absolute atomic E-state index is 0.0768. The molecule has 0 saturated heterocycles. The molecule has 0 radical (unpaired) electrons. The van der Waals surface area contributed by atoms with Crippen molar-refractivity contribution >= 4 is 23.3 Å². The number of benzene rings is 2. The maximum Gasteiger partial charge on any atom is 0.319 e. The highest BCUT2D eigenvalue weighted by Crippen LogP contribution is 2.30. The first-order valence-corrected chi connectivity index (χ1v) is 8.16. The van der Waals surface area contributed by atoms with Crippen molar-refractivity contribution in [2.45, 2.75) is 13.0 Å². The van der Waals surface area contributed by atoms with Crippen LogP contribution in [-0.2, 0) is 0 Å². The Balaban J connectivity index is 2.01. The summed E-state index contributed by atoms with van der Waals surface area (Å²) in [7, 11) is 1.54. The lowest BCUT2D eigenvalue weighted by Gasteiger charge is -2.17. The highest BCUT2D eigenvalue weighted by Gasteiger charge is 2.13. The van der Waals surface area contributed by atoms with Gasteiger partial charge in [0.1, 0.15) is 6.61 Å². The molecule has 0 spiro atoms. The topological polar surface area (TPSA) is 79.8 Å². The Hall–Kier alpha value is -2.44.